The summed E-state index contributed by atoms with van der Waals surface area (Å²) in [5, 5.41) is 2.70. The third kappa shape index (κ3) is 3.06. The fourth-order valence-corrected chi connectivity index (χ4v) is 2.83. The number of nitrogens with one attached hydrogen (secondary N) is 1. The van der Waals surface area contributed by atoms with Crippen LogP contribution in [0.2, 0.25) is 0 Å². The molecule has 0 bridgehead atoms. The van der Waals surface area contributed by atoms with E-state index in [1.165, 1.54) is 6.42 Å². The lowest BCUT2D eigenvalue weighted by molar-refractivity contribution is -0.105. The van der Waals surface area contributed by atoms with Crippen molar-refractivity contribution >= 4 is 11.8 Å². The van der Waals surface area contributed by atoms with Gasteiger partial charge in [0.15, 0.2) is 11.5 Å². The molecule has 1 aliphatic heterocycles. The van der Waals surface area contributed by atoms with Gasteiger partial charge < -0.3 is 14.2 Å². The average molecular weight is 291 g/mol. The summed E-state index contributed by atoms with van der Waals surface area (Å²) in [6, 6.07) is 5.43. The molecule has 1 N–H and O–H groups in total. The van der Waals surface area contributed by atoms with Gasteiger partial charge in [0.25, 0.3) is 5.79 Å². The van der Waals surface area contributed by atoms with E-state index >= 15 is 0 Å². The van der Waals surface area contributed by atoms with Crippen LogP contribution in [0.1, 0.15) is 46.0 Å². The summed E-state index contributed by atoms with van der Waals surface area (Å²) in [5.41, 5.74) is 0.649. The van der Waals surface area contributed by atoms with E-state index in [9.17, 15) is 4.79 Å². The van der Waals surface area contributed by atoms with Crippen molar-refractivity contribution < 1.29 is 19.0 Å². The van der Waals surface area contributed by atoms with E-state index in [1.54, 1.807) is 12.1 Å². The Morgan fingerprint density at radius 1 is 1.19 bits per heavy atom. The second-order valence-electron chi connectivity index (χ2n) is 5.92. The fraction of sp³-hybridized carbons (Fsp3) is 0.562. The summed E-state index contributed by atoms with van der Waals surface area (Å²) in [5.74, 6) is 0.955. The molecule has 1 amide bonds. The van der Waals surface area contributed by atoms with Gasteiger partial charge in [-0.3, -0.25) is 5.32 Å². The topological polar surface area (TPSA) is 56.8 Å². The monoisotopic (exact) mass is 291 g/mol. The van der Waals surface area contributed by atoms with Crippen LogP contribution in [0.4, 0.5) is 10.5 Å². The van der Waals surface area contributed by atoms with Crippen molar-refractivity contribution in [1.29, 1.82) is 0 Å². The highest BCUT2D eigenvalue weighted by molar-refractivity contribution is 5.85. The van der Waals surface area contributed by atoms with Crippen LogP contribution in [-0.2, 0) is 4.74 Å². The second-order valence-corrected chi connectivity index (χ2v) is 5.92. The first-order valence-electron chi connectivity index (χ1n) is 7.56. The Morgan fingerprint density at radius 2 is 1.90 bits per heavy atom. The molecular weight excluding hydrogens is 270 g/mol. The Hall–Kier alpha value is -1.91. The van der Waals surface area contributed by atoms with Crippen molar-refractivity contribution in [3.8, 4) is 11.5 Å². The highest BCUT2D eigenvalue weighted by Gasteiger charge is 2.42. The van der Waals surface area contributed by atoms with Gasteiger partial charge in [-0.25, -0.2) is 4.79 Å². The smallest absolute Gasteiger partial charge is 0.411 e. The molecule has 1 aromatic rings. The van der Waals surface area contributed by atoms with Gasteiger partial charge in [-0.05, 0) is 38.8 Å². The molecule has 0 unspecified atom stereocenters. The van der Waals surface area contributed by atoms with Gasteiger partial charge in [0.05, 0.1) is 6.10 Å². The van der Waals surface area contributed by atoms with Crippen molar-refractivity contribution in [3.05, 3.63) is 18.2 Å². The molecule has 114 valence electrons. The van der Waals surface area contributed by atoms with Crippen molar-refractivity contribution in [2.24, 2.45) is 0 Å². The minimum Gasteiger partial charge on any atom is -0.448 e. The van der Waals surface area contributed by atoms with E-state index in [1.807, 2.05) is 19.9 Å². The van der Waals surface area contributed by atoms with Crippen LogP contribution in [0, 0.1) is 0 Å². The van der Waals surface area contributed by atoms with Crippen LogP contribution in [-0.4, -0.2) is 18.0 Å². The molecule has 1 aliphatic carbocycles. The van der Waals surface area contributed by atoms with Crippen LogP contribution in [0.25, 0.3) is 0 Å². The third-order valence-electron chi connectivity index (χ3n) is 3.74. The summed E-state index contributed by atoms with van der Waals surface area (Å²) in [4.78, 5) is 11.6. The summed E-state index contributed by atoms with van der Waals surface area (Å²) in [6.07, 6.45) is 4.71. The van der Waals surface area contributed by atoms with E-state index in [4.69, 9.17) is 14.2 Å². The lowest BCUT2D eigenvalue weighted by Crippen LogP contribution is -2.40. The zero-order chi connectivity index (χ0) is 14.9. The van der Waals surface area contributed by atoms with Gasteiger partial charge in [-0.15, -0.1) is 0 Å². The lowest BCUT2D eigenvalue weighted by atomic mass is 9.94. The standard InChI is InChI=1S/C16H21NO4/c1-11(2)19-15(18)17-12-6-7-13-14(10-12)21-16(20-13)8-4-3-5-9-16/h6-7,10-11H,3-5,8-9H2,1-2H3,(H,17,18). The number of anilines is 1. The Morgan fingerprint density at radius 3 is 2.62 bits per heavy atom. The van der Waals surface area contributed by atoms with E-state index in [-0.39, 0.29) is 6.10 Å². The molecule has 1 spiro atoms. The first kappa shape index (κ1) is 14.0. The van der Waals surface area contributed by atoms with E-state index in [0.29, 0.717) is 11.4 Å². The summed E-state index contributed by atoms with van der Waals surface area (Å²) >= 11 is 0. The number of hydrogen-bond acceptors (Lipinski definition) is 4. The molecule has 21 heavy (non-hydrogen) atoms. The van der Waals surface area contributed by atoms with Crippen LogP contribution in [0.15, 0.2) is 18.2 Å². The number of hydrogen-bond donors (Lipinski definition) is 1. The van der Waals surface area contributed by atoms with Crippen molar-refractivity contribution in [2.75, 3.05) is 5.32 Å². The van der Waals surface area contributed by atoms with Gasteiger partial charge in [-0.1, -0.05) is 6.42 Å². The van der Waals surface area contributed by atoms with Crippen LogP contribution >= 0.6 is 0 Å². The highest BCUT2D eigenvalue weighted by Crippen LogP contribution is 2.46. The summed E-state index contributed by atoms with van der Waals surface area (Å²) in [7, 11) is 0. The predicted octanol–water partition coefficient (Wildman–Crippen LogP) is 4.08. The first-order chi connectivity index (χ1) is 10.1. The lowest BCUT2D eigenvalue weighted by Gasteiger charge is -2.31. The number of carbonyl (C=O) groups excluding carboxylic acids is 1. The van der Waals surface area contributed by atoms with Crippen LogP contribution in [0.5, 0.6) is 11.5 Å². The Balaban J connectivity index is 1.70. The zero-order valence-electron chi connectivity index (χ0n) is 12.5. The molecule has 3 rings (SSSR count). The quantitative estimate of drug-likeness (QED) is 0.892. The minimum atomic E-state index is -0.488. The number of fused-ring (bicyclic) bond motifs is 1. The van der Waals surface area contributed by atoms with E-state index < -0.39 is 11.9 Å². The number of carbonyl (C=O) groups is 1. The molecule has 1 aromatic carbocycles. The molecule has 0 aromatic heterocycles. The van der Waals surface area contributed by atoms with Crippen LogP contribution < -0.4 is 14.8 Å². The molecule has 5 heteroatoms. The van der Waals surface area contributed by atoms with Gasteiger partial charge in [0.1, 0.15) is 0 Å². The Bertz CT molecular complexity index is 535. The normalized spacial score (nSPS) is 18.8. The average Bonchev–Trinajstić information content (AvgIpc) is 2.75. The molecule has 0 radical (unpaired) electrons. The van der Waals surface area contributed by atoms with Gasteiger partial charge in [0.2, 0.25) is 0 Å². The first-order valence-corrected chi connectivity index (χ1v) is 7.56. The number of benzene rings is 1. The maximum atomic E-state index is 11.6. The van der Waals surface area contributed by atoms with Gasteiger partial charge in [-0.2, -0.15) is 0 Å². The molecular formula is C16H21NO4. The molecule has 0 saturated heterocycles. The molecule has 0 atom stereocenters. The summed E-state index contributed by atoms with van der Waals surface area (Å²) in [6.45, 7) is 3.62. The molecule has 1 fully saturated rings. The predicted molar refractivity (Wildman–Crippen MR) is 78.8 cm³/mol. The second kappa shape index (κ2) is 5.47. The van der Waals surface area contributed by atoms with E-state index in [2.05, 4.69) is 5.32 Å². The maximum absolute atomic E-state index is 11.6. The Labute approximate surface area is 124 Å². The highest BCUT2D eigenvalue weighted by atomic mass is 16.7. The maximum Gasteiger partial charge on any atom is 0.411 e. The third-order valence-corrected chi connectivity index (χ3v) is 3.74. The van der Waals surface area contributed by atoms with Crippen LogP contribution in [0.3, 0.4) is 0 Å². The Kier molecular flexibility index (Phi) is 3.66. The van der Waals surface area contributed by atoms with Crippen molar-refractivity contribution in [1.82, 2.24) is 0 Å². The molecule has 1 saturated carbocycles. The number of amides is 1. The van der Waals surface area contributed by atoms with Gasteiger partial charge in [0, 0.05) is 24.6 Å². The zero-order valence-corrected chi connectivity index (χ0v) is 12.5. The van der Waals surface area contributed by atoms with Crippen molar-refractivity contribution in [2.45, 2.75) is 57.8 Å². The fourth-order valence-electron chi connectivity index (χ4n) is 2.83. The van der Waals surface area contributed by atoms with E-state index in [0.717, 1.165) is 31.4 Å². The molecule has 5 nitrogen and oxygen atoms in total. The SMILES string of the molecule is CC(C)OC(=O)Nc1ccc2c(c1)OC1(CCCCC1)O2. The number of ether oxygens (including phenoxy) is 3. The molecule has 2 aliphatic rings. The summed E-state index contributed by atoms with van der Waals surface area (Å²) < 4.78 is 17.1. The van der Waals surface area contributed by atoms with Gasteiger partial charge >= 0.3 is 6.09 Å². The molecule has 1 heterocycles. The number of rotatable bonds is 2. The largest absolute Gasteiger partial charge is 0.448 e. The minimum absolute atomic E-state index is 0.149. The van der Waals surface area contributed by atoms with Crippen molar-refractivity contribution in [3.63, 3.8) is 0 Å².